The Balaban J connectivity index is 1.53. The van der Waals surface area contributed by atoms with Gasteiger partial charge < -0.3 is 10.6 Å². The van der Waals surface area contributed by atoms with E-state index in [4.69, 9.17) is 0 Å². The van der Waals surface area contributed by atoms with E-state index in [1.807, 2.05) is 36.0 Å². The van der Waals surface area contributed by atoms with Gasteiger partial charge in [0.05, 0.1) is 0 Å². The highest BCUT2D eigenvalue weighted by atomic mass is 32.2. The Morgan fingerprint density at radius 2 is 1.26 bits per heavy atom. The van der Waals surface area contributed by atoms with Crippen LogP contribution in [0.25, 0.3) is 21.5 Å². The summed E-state index contributed by atoms with van der Waals surface area (Å²) in [7, 11) is 0. The molecule has 0 radical (unpaired) electrons. The Kier molecular flexibility index (Phi) is 6.73. The van der Waals surface area contributed by atoms with Crippen molar-refractivity contribution in [2.45, 2.75) is 36.6 Å². The summed E-state index contributed by atoms with van der Waals surface area (Å²) in [5.74, 6) is -0.0667. The maximum absolute atomic E-state index is 11.3. The Morgan fingerprint density at radius 3 is 1.80 bits per heavy atom. The van der Waals surface area contributed by atoms with Crippen molar-refractivity contribution >= 4 is 50.6 Å². The third kappa shape index (κ3) is 5.03. The molecule has 0 saturated heterocycles. The zero-order valence-corrected chi connectivity index (χ0v) is 20.8. The highest BCUT2D eigenvalue weighted by molar-refractivity contribution is 7.99. The van der Waals surface area contributed by atoms with Crippen LogP contribution in [-0.4, -0.2) is 5.91 Å². The molecule has 35 heavy (non-hydrogen) atoms. The van der Waals surface area contributed by atoms with Crippen LogP contribution in [0.1, 0.15) is 25.0 Å². The number of benzene rings is 5. The lowest BCUT2D eigenvalue weighted by Crippen LogP contribution is -2.06. The molecule has 5 aromatic carbocycles. The molecular weight excluding hydrogens is 448 g/mol. The molecule has 0 atom stereocenters. The van der Waals surface area contributed by atoms with Crippen molar-refractivity contribution in [2.75, 3.05) is 10.6 Å². The number of carbonyl (C=O) groups is 1. The molecule has 0 heterocycles. The minimum Gasteiger partial charge on any atom is -0.381 e. The second-order valence-electron chi connectivity index (χ2n) is 8.61. The minimum absolute atomic E-state index is 0.0667. The standard InChI is InChI=1S/C31H28N2OS/c1-3-22-12-18-25(19-13-22)35-31-28-10-6-4-8-26(28)30(27-9-5-7-11-29(27)31)20-32-23-14-16-24(17-15-23)33-21(2)34/h4-19,32H,3,20H2,1-2H3,(H,33,34). The molecule has 2 N–H and O–H groups in total. The molecule has 0 aliphatic rings. The highest BCUT2D eigenvalue weighted by Gasteiger charge is 2.14. The zero-order valence-electron chi connectivity index (χ0n) is 20.0. The summed E-state index contributed by atoms with van der Waals surface area (Å²) in [5, 5.41) is 11.5. The molecule has 0 aromatic heterocycles. The van der Waals surface area contributed by atoms with Gasteiger partial charge in [-0.15, -0.1) is 0 Å². The number of nitrogens with one attached hydrogen (secondary N) is 2. The lowest BCUT2D eigenvalue weighted by Gasteiger charge is -2.18. The van der Waals surface area contributed by atoms with E-state index in [1.165, 1.54) is 49.4 Å². The van der Waals surface area contributed by atoms with Gasteiger partial charge in [0.1, 0.15) is 0 Å². The van der Waals surface area contributed by atoms with E-state index < -0.39 is 0 Å². The van der Waals surface area contributed by atoms with Gasteiger partial charge in [0.25, 0.3) is 0 Å². The number of aryl methyl sites for hydroxylation is 1. The molecule has 3 nitrogen and oxygen atoms in total. The molecule has 0 fully saturated rings. The van der Waals surface area contributed by atoms with Crippen LogP contribution < -0.4 is 10.6 Å². The summed E-state index contributed by atoms with van der Waals surface area (Å²) >= 11 is 1.84. The first-order valence-electron chi connectivity index (χ1n) is 11.9. The van der Waals surface area contributed by atoms with Gasteiger partial charge in [0, 0.05) is 34.6 Å². The molecule has 0 aliphatic carbocycles. The molecule has 0 unspecified atom stereocenters. The normalized spacial score (nSPS) is 11.0. The molecular formula is C31H28N2OS. The Hall–Kier alpha value is -3.76. The van der Waals surface area contributed by atoms with E-state index in [-0.39, 0.29) is 5.91 Å². The predicted octanol–water partition coefficient (Wildman–Crippen LogP) is 8.28. The number of carbonyl (C=O) groups excluding carboxylic acids is 1. The smallest absolute Gasteiger partial charge is 0.221 e. The predicted molar refractivity (Wildman–Crippen MR) is 149 cm³/mol. The summed E-state index contributed by atoms with van der Waals surface area (Å²) < 4.78 is 0. The van der Waals surface area contributed by atoms with Crippen molar-refractivity contribution in [2.24, 2.45) is 0 Å². The monoisotopic (exact) mass is 476 g/mol. The Labute approximate surface area is 210 Å². The van der Waals surface area contributed by atoms with Gasteiger partial charge in [-0.1, -0.05) is 79.3 Å². The van der Waals surface area contributed by atoms with Crippen molar-refractivity contribution in [1.82, 2.24) is 0 Å². The molecule has 0 aliphatic heterocycles. The van der Waals surface area contributed by atoms with Crippen molar-refractivity contribution < 1.29 is 4.79 Å². The van der Waals surface area contributed by atoms with Crippen LogP contribution in [0.3, 0.4) is 0 Å². The maximum Gasteiger partial charge on any atom is 0.221 e. The summed E-state index contributed by atoms with van der Waals surface area (Å²) in [4.78, 5) is 13.8. The highest BCUT2D eigenvalue weighted by Crippen LogP contribution is 2.42. The van der Waals surface area contributed by atoms with Crippen molar-refractivity contribution in [3.63, 3.8) is 0 Å². The summed E-state index contributed by atoms with van der Waals surface area (Å²) in [6, 6.07) is 34.1. The number of hydrogen-bond acceptors (Lipinski definition) is 3. The zero-order chi connectivity index (χ0) is 24.2. The van der Waals surface area contributed by atoms with E-state index >= 15 is 0 Å². The first-order chi connectivity index (χ1) is 17.1. The number of rotatable bonds is 7. The van der Waals surface area contributed by atoms with E-state index in [1.54, 1.807) is 0 Å². The average molecular weight is 477 g/mol. The third-order valence-corrected chi connectivity index (χ3v) is 7.37. The lowest BCUT2D eigenvalue weighted by molar-refractivity contribution is -0.114. The fourth-order valence-corrected chi connectivity index (χ4v) is 5.54. The van der Waals surface area contributed by atoms with Gasteiger partial charge in [-0.3, -0.25) is 4.79 Å². The van der Waals surface area contributed by atoms with E-state index in [0.29, 0.717) is 6.54 Å². The molecule has 0 spiro atoms. The minimum atomic E-state index is -0.0667. The second kappa shape index (κ2) is 10.2. The summed E-state index contributed by atoms with van der Waals surface area (Å²) in [6.45, 7) is 4.41. The van der Waals surface area contributed by atoms with Crippen LogP contribution in [0.2, 0.25) is 0 Å². The van der Waals surface area contributed by atoms with Gasteiger partial charge in [-0.2, -0.15) is 0 Å². The fourth-order valence-electron chi connectivity index (χ4n) is 4.46. The fraction of sp³-hybridized carbons (Fsp3) is 0.129. The van der Waals surface area contributed by atoms with Gasteiger partial charge >= 0.3 is 0 Å². The molecule has 1 amide bonds. The quantitative estimate of drug-likeness (QED) is 0.232. The SMILES string of the molecule is CCc1ccc(Sc2c3ccccc3c(CNc3ccc(NC(C)=O)cc3)c3ccccc23)cc1. The molecule has 5 rings (SSSR count). The van der Waals surface area contributed by atoms with Gasteiger partial charge in [-0.05, 0) is 75.5 Å². The average Bonchev–Trinajstić information content (AvgIpc) is 2.89. The summed E-state index contributed by atoms with van der Waals surface area (Å²) in [6.07, 6.45) is 1.05. The molecule has 4 heteroatoms. The Morgan fingerprint density at radius 1 is 0.714 bits per heavy atom. The van der Waals surface area contributed by atoms with Gasteiger partial charge in [-0.25, -0.2) is 0 Å². The second-order valence-corrected chi connectivity index (χ2v) is 9.69. The number of amides is 1. The number of anilines is 2. The van der Waals surface area contributed by atoms with Crippen molar-refractivity contribution in [3.05, 3.63) is 108 Å². The van der Waals surface area contributed by atoms with E-state index in [0.717, 1.165) is 17.8 Å². The maximum atomic E-state index is 11.3. The molecule has 0 saturated carbocycles. The van der Waals surface area contributed by atoms with Crippen LogP contribution in [-0.2, 0) is 17.8 Å². The van der Waals surface area contributed by atoms with E-state index in [2.05, 4.69) is 90.4 Å². The molecule has 0 bridgehead atoms. The van der Waals surface area contributed by atoms with Crippen molar-refractivity contribution in [1.29, 1.82) is 0 Å². The lowest BCUT2D eigenvalue weighted by atomic mass is 9.96. The van der Waals surface area contributed by atoms with Gasteiger partial charge in [0.15, 0.2) is 0 Å². The topological polar surface area (TPSA) is 41.1 Å². The first kappa shape index (κ1) is 23.0. The van der Waals surface area contributed by atoms with Crippen LogP contribution in [0.4, 0.5) is 11.4 Å². The largest absolute Gasteiger partial charge is 0.381 e. The van der Waals surface area contributed by atoms with Crippen LogP contribution in [0.15, 0.2) is 107 Å². The van der Waals surface area contributed by atoms with Crippen LogP contribution >= 0.6 is 11.8 Å². The van der Waals surface area contributed by atoms with Gasteiger partial charge in [0.2, 0.25) is 5.91 Å². The first-order valence-corrected chi connectivity index (χ1v) is 12.7. The van der Waals surface area contributed by atoms with Crippen LogP contribution in [0.5, 0.6) is 0 Å². The molecule has 5 aromatic rings. The number of hydrogen-bond donors (Lipinski definition) is 2. The van der Waals surface area contributed by atoms with E-state index in [9.17, 15) is 4.79 Å². The van der Waals surface area contributed by atoms with Crippen LogP contribution in [0, 0.1) is 0 Å². The number of fused-ring (bicyclic) bond motifs is 2. The molecule has 174 valence electrons. The van der Waals surface area contributed by atoms with Crippen molar-refractivity contribution in [3.8, 4) is 0 Å². The third-order valence-electron chi connectivity index (χ3n) is 6.22. The summed E-state index contributed by atoms with van der Waals surface area (Å²) in [5.41, 5.74) is 4.46. The Bertz CT molecular complexity index is 1430.